The van der Waals surface area contributed by atoms with Gasteiger partial charge in [0, 0.05) is 102 Å². The Morgan fingerprint density at radius 3 is 0.691 bits per heavy atom. The van der Waals surface area contributed by atoms with Gasteiger partial charge in [0.25, 0.3) is 47.3 Å². The SMILES string of the molecule is O=C1c2cccc3c(Cl)ccc(c23)C(=O)N1c1cc(C(c2ccc(O)c(N3C(=O)c4cccc5c(Br)ccc(c45)C3=O)c2)(C(F)(F)F)C(F)(F)F)ccc1O.O=C1c2cccc3c(Cl)ccc(c23)C(=O)N1c1cc(C(c2ccc(O)c(N3C(=O)c4cccc5c(Cl)ccc(c45)C3=O)c2)(C(F)(F)F)C(F)(F)F)ccc1O. The monoisotopic (exact) mass is 1630 g/mol. The van der Waals surface area contributed by atoms with Gasteiger partial charge in [-0.15, -0.1) is 0 Å². The number of hydrogen-bond donors (Lipinski definition) is 4. The maximum atomic E-state index is 15.5. The summed E-state index contributed by atoms with van der Waals surface area (Å²) in [5.41, 5.74) is -21.7. The highest BCUT2D eigenvalue weighted by Gasteiger charge is 2.74. The number of phenols is 4. The molecular formula is C78H36BrCl3F12N4O12. The standard InChI is InChI=1S/C39H18BrClF6N2O6.C39H18Cl2F6N2O6/c2*40-25-11-9-23-31-19(25)3-1-5-21(31)33(52)48(35(23)54)27-15-17(7-13-29(27)50)37(38(42,43)44,39(45,46)47)18-8-14-30(51)28(16-18)49-34(53)22-6-2-4-20-26(41)12-10-24(32(20)22)36(49)55/h2*1-16,50-51H. The molecule has 0 radical (unpaired) electrons. The second-order valence-electron chi connectivity index (χ2n) is 25.4. The largest absolute Gasteiger partial charge is 0.506 e. The van der Waals surface area contributed by atoms with Gasteiger partial charge in [-0.1, -0.05) is 124 Å². The summed E-state index contributed by atoms with van der Waals surface area (Å²) in [4.78, 5) is 112. The van der Waals surface area contributed by atoms with Gasteiger partial charge in [0.15, 0.2) is 0 Å². The molecule has 0 spiro atoms. The maximum Gasteiger partial charge on any atom is 0.411 e. The third kappa shape index (κ3) is 10.4. The summed E-state index contributed by atoms with van der Waals surface area (Å²) in [6, 6.07) is 31.4. The van der Waals surface area contributed by atoms with Crippen LogP contribution in [0.3, 0.4) is 0 Å². The van der Waals surface area contributed by atoms with Gasteiger partial charge in [-0.3, -0.25) is 38.4 Å². The van der Waals surface area contributed by atoms with Gasteiger partial charge < -0.3 is 20.4 Å². The smallest absolute Gasteiger partial charge is 0.411 e. The molecule has 0 atom stereocenters. The Labute approximate surface area is 630 Å². The first-order valence-electron chi connectivity index (χ1n) is 31.8. The number of aromatic hydroxyl groups is 4. The van der Waals surface area contributed by atoms with Crippen molar-refractivity contribution in [3.8, 4) is 23.0 Å². The van der Waals surface area contributed by atoms with E-state index in [-0.39, 0.29) is 136 Å². The highest BCUT2D eigenvalue weighted by molar-refractivity contribution is 9.10. The highest BCUT2D eigenvalue weighted by atomic mass is 79.9. The minimum Gasteiger partial charge on any atom is -0.506 e. The van der Waals surface area contributed by atoms with Crippen molar-refractivity contribution in [1.29, 1.82) is 0 Å². The van der Waals surface area contributed by atoms with E-state index in [0.29, 0.717) is 63.3 Å². The van der Waals surface area contributed by atoms with Crippen LogP contribution in [0.25, 0.3) is 43.1 Å². The van der Waals surface area contributed by atoms with Crippen LogP contribution >= 0.6 is 50.7 Å². The summed E-state index contributed by atoms with van der Waals surface area (Å²) >= 11 is 22.1. The van der Waals surface area contributed by atoms with E-state index in [1.165, 1.54) is 115 Å². The summed E-state index contributed by atoms with van der Waals surface area (Å²) in [6.45, 7) is 0. The van der Waals surface area contributed by atoms with Gasteiger partial charge in [-0.25, -0.2) is 19.6 Å². The van der Waals surface area contributed by atoms with Crippen LogP contribution in [0, 0.1) is 0 Å². The molecule has 16 rings (SSSR count). The Balaban J connectivity index is 0.000000175. The Bertz CT molecular complexity index is 5410. The van der Waals surface area contributed by atoms with Crippen LogP contribution in [0.5, 0.6) is 23.0 Å². The number of carbonyl (C=O) groups excluding carboxylic acids is 8. The lowest BCUT2D eigenvalue weighted by Gasteiger charge is -2.39. The lowest BCUT2D eigenvalue weighted by molar-refractivity contribution is -0.290. The lowest BCUT2D eigenvalue weighted by atomic mass is 9.72. The third-order valence-electron chi connectivity index (χ3n) is 19.7. The lowest BCUT2D eigenvalue weighted by Crippen LogP contribution is -2.55. The molecule has 32 heteroatoms. The second kappa shape index (κ2) is 25.3. The van der Waals surface area contributed by atoms with Gasteiger partial charge in [0.1, 0.15) is 23.0 Å². The predicted molar refractivity (Wildman–Crippen MR) is 381 cm³/mol. The van der Waals surface area contributed by atoms with Crippen molar-refractivity contribution < 1.29 is 111 Å². The van der Waals surface area contributed by atoms with Crippen LogP contribution in [0.2, 0.25) is 15.1 Å². The molecule has 8 amide bonds. The zero-order chi connectivity index (χ0) is 79.0. The first kappa shape index (κ1) is 73.5. The highest BCUT2D eigenvalue weighted by Crippen LogP contribution is 2.61. The van der Waals surface area contributed by atoms with E-state index in [0.717, 1.165) is 0 Å². The fourth-order valence-electron chi connectivity index (χ4n) is 14.8. The van der Waals surface area contributed by atoms with Gasteiger partial charge in [0.2, 0.25) is 10.8 Å². The second-order valence-corrected chi connectivity index (χ2v) is 27.5. The molecule has 0 bridgehead atoms. The molecule has 552 valence electrons. The molecule has 12 aromatic carbocycles. The summed E-state index contributed by atoms with van der Waals surface area (Å²) in [5, 5.41) is 45.7. The fourth-order valence-corrected chi connectivity index (χ4v) is 15.9. The molecule has 4 N–H and O–H groups in total. The molecule has 0 saturated heterocycles. The number of carbonyl (C=O) groups is 8. The molecule has 4 aliphatic rings. The number of phenolic OH excluding ortho intramolecular Hbond substituents is 4. The molecule has 0 unspecified atom stereocenters. The van der Waals surface area contributed by atoms with Crippen LogP contribution in [-0.2, 0) is 10.8 Å². The van der Waals surface area contributed by atoms with E-state index in [1.54, 1.807) is 6.07 Å². The number of imide groups is 4. The summed E-state index contributed by atoms with van der Waals surface area (Å²) in [7, 11) is 0. The van der Waals surface area contributed by atoms with Crippen LogP contribution in [-0.4, -0.2) is 92.4 Å². The van der Waals surface area contributed by atoms with Gasteiger partial charge in [0.05, 0.1) is 22.7 Å². The van der Waals surface area contributed by atoms with Crippen molar-refractivity contribution in [3.63, 3.8) is 0 Å². The number of amides is 8. The Kier molecular flexibility index (Phi) is 16.9. The zero-order valence-electron chi connectivity index (χ0n) is 54.4. The molecule has 16 nitrogen and oxygen atoms in total. The van der Waals surface area contributed by atoms with E-state index >= 15 is 52.7 Å². The summed E-state index contributed by atoms with van der Waals surface area (Å²) in [6.07, 6.45) is -25.1. The minimum absolute atomic E-state index is 0.0946. The van der Waals surface area contributed by atoms with E-state index in [1.807, 2.05) is 0 Å². The van der Waals surface area contributed by atoms with Crippen molar-refractivity contribution in [2.75, 3.05) is 19.6 Å². The first-order chi connectivity index (χ1) is 51.8. The fraction of sp³-hybridized carbons (Fsp3) is 0.0769. The number of rotatable bonds is 8. The Morgan fingerprint density at radius 2 is 0.464 bits per heavy atom. The topological polar surface area (TPSA) is 230 Å². The van der Waals surface area contributed by atoms with Crippen LogP contribution in [0.1, 0.15) is 105 Å². The summed E-state index contributed by atoms with van der Waals surface area (Å²) in [5.74, 6) is -13.3. The van der Waals surface area contributed by atoms with Crippen molar-refractivity contribution in [2.45, 2.75) is 35.5 Å². The zero-order valence-corrected chi connectivity index (χ0v) is 58.2. The number of hydrogen-bond acceptors (Lipinski definition) is 12. The van der Waals surface area contributed by atoms with E-state index < -0.39 is 151 Å². The normalized spacial score (nSPS) is 14.8. The van der Waals surface area contributed by atoms with Crippen molar-refractivity contribution >= 4 is 164 Å². The number of benzene rings is 12. The molecule has 110 heavy (non-hydrogen) atoms. The number of halogens is 16. The van der Waals surface area contributed by atoms with Crippen molar-refractivity contribution in [2.24, 2.45) is 0 Å². The number of anilines is 4. The van der Waals surface area contributed by atoms with Gasteiger partial charge in [-0.2, -0.15) is 52.7 Å². The molecular weight excluding hydrogens is 1600 g/mol. The molecule has 0 aliphatic carbocycles. The number of alkyl halides is 12. The van der Waals surface area contributed by atoms with Crippen molar-refractivity contribution in [3.05, 3.63) is 280 Å². The van der Waals surface area contributed by atoms with Crippen molar-refractivity contribution in [1.82, 2.24) is 0 Å². The Hall–Kier alpha value is -12.1. The molecule has 4 heterocycles. The molecule has 12 aromatic rings. The van der Waals surface area contributed by atoms with E-state index in [9.17, 15) is 58.8 Å². The van der Waals surface area contributed by atoms with Gasteiger partial charge in [-0.05, 0) is 149 Å². The van der Waals surface area contributed by atoms with E-state index in [2.05, 4.69) is 15.9 Å². The first-order valence-corrected chi connectivity index (χ1v) is 33.7. The quantitative estimate of drug-likeness (QED) is 0.0822. The molecule has 0 saturated carbocycles. The average Bonchev–Trinajstić information content (AvgIpc) is 0.709. The van der Waals surface area contributed by atoms with Gasteiger partial charge >= 0.3 is 24.7 Å². The van der Waals surface area contributed by atoms with E-state index in [4.69, 9.17) is 34.8 Å². The molecule has 0 fully saturated rings. The predicted octanol–water partition coefficient (Wildman–Crippen LogP) is 19.6. The Morgan fingerprint density at radius 1 is 0.264 bits per heavy atom. The average molecular weight is 1640 g/mol. The van der Waals surface area contributed by atoms with Crippen LogP contribution in [0.4, 0.5) is 75.4 Å². The third-order valence-corrected chi connectivity index (χ3v) is 21.4. The van der Waals surface area contributed by atoms with Crippen LogP contribution in [0.15, 0.2) is 199 Å². The number of nitrogens with zero attached hydrogens (tertiary/aromatic N) is 4. The molecule has 0 aromatic heterocycles. The minimum atomic E-state index is -6.27. The summed E-state index contributed by atoms with van der Waals surface area (Å²) < 4.78 is 187. The van der Waals surface area contributed by atoms with Crippen LogP contribution < -0.4 is 19.6 Å². The molecule has 4 aliphatic heterocycles. The maximum absolute atomic E-state index is 15.5.